The molecule has 5 N–H and O–H groups in total. The number of aliphatic imine (C=N–C) groups is 1. The molecule has 30 heavy (non-hydrogen) atoms. The van der Waals surface area contributed by atoms with Gasteiger partial charge in [-0.1, -0.05) is 12.6 Å². The molecule has 3 rings (SSSR count). The van der Waals surface area contributed by atoms with Gasteiger partial charge in [0, 0.05) is 41.8 Å². The average molecular weight is 406 g/mol. The van der Waals surface area contributed by atoms with E-state index < -0.39 is 0 Å². The van der Waals surface area contributed by atoms with Gasteiger partial charge in [0.05, 0.1) is 38.1 Å². The molecular formula is C22H26N6O2. The molecule has 1 saturated heterocycles. The summed E-state index contributed by atoms with van der Waals surface area (Å²) in [7, 11) is 1.57. The van der Waals surface area contributed by atoms with Crippen LogP contribution in [0.15, 0.2) is 65.6 Å². The first-order valence-electron chi connectivity index (χ1n) is 9.51. The van der Waals surface area contributed by atoms with E-state index in [1.807, 2.05) is 24.3 Å². The summed E-state index contributed by atoms with van der Waals surface area (Å²) < 4.78 is 10.7. The van der Waals surface area contributed by atoms with Crippen LogP contribution in [0.3, 0.4) is 0 Å². The number of ether oxygens (including phenoxy) is 2. The molecule has 1 aliphatic rings. The number of pyridine rings is 1. The topological polar surface area (TPSA) is 123 Å². The maximum atomic E-state index is 8.75. The van der Waals surface area contributed by atoms with Crippen LogP contribution >= 0.6 is 0 Å². The van der Waals surface area contributed by atoms with E-state index in [1.165, 1.54) is 0 Å². The van der Waals surface area contributed by atoms with Crippen LogP contribution in [-0.2, 0) is 4.74 Å². The first kappa shape index (κ1) is 21.1. The third-order valence-corrected chi connectivity index (χ3v) is 4.79. The predicted octanol–water partition coefficient (Wildman–Crippen LogP) is 2.42. The Kier molecular flexibility index (Phi) is 6.82. The summed E-state index contributed by atoms with van der Waals surface area (Å²) in [6, 6.07) is 9.18. The van der Waals surface area contributed by atoms with Crippen molar-refractivity contribution >= 4 is 17.7 Å². The van der Waals surface area contributed by atoms with Gasteiger partial charge in [0.25, 0.3) is 0 Å². The van der Waals surface area contributed by atoms with Gasteiger partial charge in [0.1, 0.15) is 0 Å². The number of nitrogens with two attached hydrogens (primary N) is 2. The van der Waals surface area contributed by atoms with Crippen molar-refractivity contribution in [2.75, 3.05) is 39.1 Å². The molecular weight excluding hydrogens is 380 g/mol. The van der Waals surface area contributed by atoms with Crippen molar-refractivity contribution in [1.29, 1.82) is 5.41 Å². The van der Waals surface area contributed by atoms with E-state index in [1.54, 1.807) is 25.4 Å². The molecule has 0 aliphatic carbocycles. The summed E-state index contributed by atoms with van der Waals surface area (Å²) in [6.45, 7) is 6.87. The highest BCUT2D eigenvalue weighted by Crippen LogP contribution is 2.31. The first-order chi connectivity index (χ1) is 14.5. The zero-order valence-electron chi connectivity index (χ0n) is 17.0. The molecule has 0 spiro atoms. The highest BCUT2D eigenvalue weighted by molar-refractivity contribution is 6.14. The Balaban J connectivity index is 1.97. The van der Waals surface area contributed by atoms with Crippen LogP contribution < -0.4 is 16.2 Å². The molecule has 1 fully saturated rings. The number of nitrogen functional groups attached to an aromatic ring is 1. The molecule has 8 heteroatoms. The second-order valence-electron chi connectivity index (χ2n) is 6.64. The maximum absolute atomic E-state index is 8.75. The van der Waals surface area contributed by atoms with E-state index in [4.69, 9.17) is 26.4 Å². The van der Waals surface area contributed by atoms with Gasteiger partial charge in [-0.05, 0) is 35.9 Å². The molecule has 1 aromatic carbocycles. The van der Waals surface area contributed by atoms with Gasteiger partial charge in [-0.3, -0.25) is 5.41 Å². The average Bonchev–Trinajstić information content (AvgIpc) is 2.79. The Morgan fingerprint density at radius 1 is 1.33 bits per heavy atom. The van der Waals surface area contributed by atoms with Crippen LogP contribution in [0.1, 0.15) is 5.56 Å². The lowest BCUT2D eigenvalue weighted by Crippen LogP contribution is -2.34. The number of allylic oxidation sites excluding steroid dienone is 2. The van der Waals surface area contributed by atoms with Crippen LogP contribution in [-0.4, -0.2) is 55.3 Å². The van der Waals surface area contributed by atoms with Crippen LogP contribution in [0.4, 0.5) is 5.69 Å². The van der Waals surface area contributed by atoms with Crippen molar-refractivity contribution in [1.82, 2.24) is 9.88 Å². The lowest BCUT2D eigenvalue weighted by atomic mass is 9.98. The number of anilines is 1. The van der Waals surface area contributed by atoms with Crippen molar-refractivity contribution in [3.8, 4) is 17.0 Å². The maximum Gasteiger partial charge on any atom is 0.221 e. The number of aromatic nitrogens is 1. The Morgan fingerprint density at radius 2 is 2.10 bits per heavy atom. The fourth-order valence-corrected chi connectivity index (χ4v) is 3.21. The van der Waals surface area contributed by atoms with Gasteiger partial charge in [-0.15, -0.1) is 0 Å². The van der Waals surface area contributed by atoms with E-state index in [-0.39, 0.29) is 5.71 Å². The molecule has 0 unspecified atom stereocenters. The quantitative estimate of drug-likeness (QED) is 0.281. The Bertz CT molecular complexity index is 993. The van der Waals surface area contributed by atoms with Crippen LogP contribution in [0.25, 0.3) is 11.1 Å². The molecule has 0 bridgehead atoms. The molecule has 156 valence electrons. The van der Waals surface area contributed by atoms with E-state index in [9.17, 15) is 0 Å². The van der Waals surface area contributed by atoms with E-state index >= 15 is 0 Å². The second-order valence-corrected chi connectivity index (χ2v) is 6.64. The monoisotopic (exact) mass is 406 g/mol. The highest BCUT2D eigenvalue weighted by atomic mass is 16.5. The Morgan fingerprint density at radius 3 is 2.80 bits per heavy atom. The summed E-state index contributed by atoms with van der Waals surface area (Å²) in [6.07, 6.45) is 4.57. The molecule has 0 atom stereocenters. The zero-order chi connectivity index (χ0) is 21.5. The summed E-state index contributed by atoms with van der Waals surface area (Å²) in [5, 5.41) is 8.75. The largest absolute Gasteiger partial charge is 0.481 e. The van der Waals surface area contributed by atoms with E-state index in [0.717, 1.165) is 36.3 Å². The fourth-order valence-electron chi connectivity index (χ4n) is 3.21. The summed E-state index contributed by atoms with van der Waals surface area (Å²) in [5.41, 5.74) is 15.6. The van der Waals surface area contributed by atoms with Gasteiger partial charge in [0.2, 0.25) is 5.88 Å². The minimum absolute atomic E-state index is 0.147. The van der Waals surface area contributed by atoms with Crippen molar-refractivity contribution in [3.63, 3.8) is 0 Å². The van der Waals surface area contributed by atoms with Gasteiger partial charge in [-0.25, -0.2) is 9.98 Å². The smallest absolute Gasteiger partial charge is 0.221 e. The number of morpholine rings is 1. The molecule has 1 aliphatic heterocycles. The molecule has 2 aromatic rings. The minimum Gasteiger partial charge on any atom is -0.481 e. The molecule has 0 radical (unpaired) electrons. The van der Waals surface area contributed by atoms with Crippen molar-refractivity contribution < 1.29 is 9.47 Å². The third-order valence-electron chi connectivity index (χ3n) is 4.79. The summed E-state index contributed by atoms with van der Waals surface area (Å²) in [4.78, 5) is 10.5. The number of hydrogen-bond donors (Lipinski definition) is 3. The SMILES string of the molecule is C=C(/C=C(\N=C/N)C(=N)c1cc(-c2cccnc2OC)ccc1N)N1CCOCC1. The molecule has 0 saturated carbocycles. The standard InChI is InChI=1S/C22H26N6O2/c1-15(28-8-10-30-11-9-28)12-20(27-14-23)21(25)18-13-16(5-6-19(18)24)17-4-3-7-26-22(17)29-2/h3-7,12-14,25H,1,8-11,24H2,2H3,(H2,23,27)/b20-12-,25-21?. The van der Waals surface area contributed by atoms with Gasteiger partial charge >= 0.3 is 0 Å². The summed E-state index contributed by atoms with van der Waals surface area (Å²) >= 11 is 0. The van der Waals surface area contributed by atoms with Crippen LogP contribution in [0, 0.1) is 5.41 Å². The van der Waals surface area contributed by atoms with Crippen LogP contribution in [0.5, 0.6) is 5.88 Å². The Labute approximate surface area is 176 Å². The zero-order valence-corrected chi connectivity index (χ0v) is 17.0. The minimum atomic E-state index is 0.147. The van der Waals surface area contributed by atoms with Crippen molar-refractivity contribution in [2.45, 2.75) is 0 Å². The molecule has 2 heterocycles. The predicted molar refractivity (Wildman–Crippen MR) is 120 cm³/mol. The van der Waals surface area contributed by atoms with Gasteiger partial charge in [-0.2, -0.15) is 0 Å². The fraction of sp³-hybridized carbons (Fsp3) is 0.227. The first-order valence-corrected chi connectivity index (χ1v) is 9.51. The highest BCUT2D eigenvalue weighted by Gasteiger charge is 2.16. The van der Waals surface area contributed by atoms with Crippen molar-refractivity contribution in [3.05, 3.63) is 66.1 Å². The number of nitrogens with zero attached hydrogens (tertiary/aromatic N) is 3. The number of methoxy groups -OCH3 is 1. The normalized spacial score (nSPS) is 14.7. The number of nitrogens with one attached hydrogen (secondary N) is 1. The lowest BCUT2D eigenvalue weighted by Gasteiger charge is -2.29. The van der Waals surface area contributed by atoms with E-state index in [2.05, 4.69) is 21.5 Å². The van der Waals surface area contributed by atoms with Gasteiger partial charge < -0.3 is 25.8 Å². The number of rotatable bonds is 7. The lowest BCUT2D eigenvalue weighted by molar-refractivity contribution is 0.0556. The van der Waals surface area contributed by atoms with Crippen LogP contribution in [0.2, 0.25) is 0 Å². The number of hydrogen-bond acceptors (Lipinski definition) is 7. The molecule has 8 nitrogen and oxygen atoms in total. The number of benzene rings is 1. The third kappa shape index (κ3) is 4.66. The second kappa shape index (κ2) is 9.71. The Hall–Kier alpha value is -3.65. The summed E-state index contributed by atoms with van der Waals surface area (Å²) in [5.74, 6) is 0.496. The molecule has 0 amide bonds. The van der Waals surface area contributed by atoms with Gasteiger partial charge in [0.15, 0.2) is 0 Å². The van der Waals surface area contributed by atoms with Crippen molar-refractivity contribution in [2.24, 2.45) is 10.7 Å². The molecule has 1 aromatic heterocycles. The van der Waals surface area contributed by atoms with E-state index in [0.29, 0.717) is 36.0 Å².